The quantitative estimate of drug-likeness (QED) is 0.558. The summed E-state index contributed by atoms with van der Waals surface area (Å²) in [6.45, 7) is 6.81. The molecule has 0 amide bonds. The first-order chi connectivity index (χ1) is 9.58. The lowest BCUT2D eigenvalue weighted by Crippen LogP contribution is -2.12. The SMILES string of the molecule is CCOC(=O)c1cnc(NCCCC(C)CO)nc1C. The van der Waals surface area contributed by atoms with E-state index in [-0.39, 0.29) is 6.61 Å². The Hall–Kier alpha value is -1.69. The zero-order chi connectivity index (χ0) is 15.0. The van der Waals surface area contributed by atoms with Crippen LogP contribution in [-0.4, -0.2) is 40.8 Å². The summed E-state index contributed by atoms with van der Waals surface area (Å²) in [4.78, 5) is 19.9. The molecule has 1 aromatic heterocycles. The van der Waals surface area contributed by atoms with Crippen LogP contribution in [0.4, 0.5) is 5.95 Å². The fourth-order valence-electron chi connectivity index (χ4n) is 1.70. The van der Waals surface area contributed by atoms with Gasteiger partial charge in [-0.3, -0.25) is 0 Å². The highest BCUT2D eigenvalue weighted by atomic mass is 16.5. The number of ether oxygens (including phenoxy) is 1. The predicted octanol–water partition coefficient (Wildman–Crippen LogP) is 1.78. The van der Waals surface area contributed by atoms with Gasteiger partial charge in [0.25, 0.3) is 0 Å². The summed E-state index contributed by atoms with van der Waals surface area (Å²) in [6.07, 6.45) is 3.37. The fourth-order valence-corrected chi connectivity index (χ4v) is 1.70. The molecule has 2 N–H and O–H groups in total. The van der Waals surface area contributed by atoms with Crippen molar-refractivity contribution in [2.75, 3.05) is 25.1 Å². The molecule has 0 aliphatic carbocycles. The van der Waals surface area contributed by atoms with E-state index in [0.29, 0.717) is 29.7 Å². The first-order valence-electron chi connectivity index (χ1n) is 6.94. The van der Waals surface area contributed by atoms with Gasteiger partial charge in [-0.05, 0) is 32.6 Å². The van der Waals surface area contributed by atoms with Crippen molar-refractivity contribution in [3.63, 3.8) is 0 Å². The maximum Gasteiger partial charge on any atom is 0.341 e. The topological polar surface area (TPSA) is 84.3 Å². The molecule has 0 aromatic carbocycles. The number of rotatable bonds is 8. The van der Waals surface area contributed by atoms with Gasteiger partial charge in [0.1, 0.15) is 0 Å². The third kappa shape index (κ3) is 5.13. The Bertz CT molecular complexity index is 438. The number of esters is 1. The number of carbonyl (C=O) groups is 1. The summed E-state index contributed by atoms with van der Waals surface area (Å²) in [5.74, 6) is 0.422. The van der Waals surface area contributed by atoms with E-state index in [1.165, 1.54) is 6.20 Å². The van der Waals surface area contributed by atoms with Crippen LogP contribution >= 0.6 is 0 Å². The maximum absolute atomic E-state index is 11.6. The monoisotopic (exact) mass is 281 g/mol. The van der Waals surface area contributed by atoms with Crippen molar-refractivity contribution in [1.29, 1.82) is 0 Å². The van der Waals surface area contributed by atoms with Gasteiger partial charge < -0.3 is 15.2 Å². The summed E-state index contributed by atoms with van der Waals surface area (Å²) in [5.41, 5.74) is 0.996. The molecule has 6 heteroatoms. The van der Waals surface area contributed by atoms with Crippen LogP contribution in [0, 0.1) is 12.8 Å². The van der Waals surface area contributed by atoms with Crippen LogP contribution in [-0.2, 0) is 4.74 Å². The number of hydrogen-bond acceptors (Lipinski definition) is 6. The van der Waals surface area contributed by atoms with Crippen molar-refractivity contribution in [2.24, 2.45) is 5.92 Å². The molecule has 112 valence electrons. The number of aromatic nitrogens is 2. The molecule has 0 radical (unpaired) electrons. The average molecular weight is 281 g/mol. The highest BCUT2D eigenvalue weighted by Crippen LogP contribution is 2.09. The Balaban J connectivity index is 2.49. The fraction of sp³-hybridized carbons (Fsp3) is 0.643. The molecule has 0 saturated heterocycles. The number of anilines is 1. The van der Waals surface area contributed by atoms with E-state index in [4.69, 9.17) is 9.84 Å². The van der Waals surface area contributed by atoms with Crippen LogP contribution in [0.5, 0.6) is 0 Å². The van der Waals surface area contributed by atoms with E-state index >= 15 is 0 Å². The minimum absolute atomic E-state index is 0.212. The van der Waals surface area contributed by atoms with E-state index in [1.54, 1.807) is 13.8 Å². The molecule has 6 nitrogen and oxygen atoms in total. The first kappa shape index (κ1) is 16.4. The minimum atomic E-state index is -0.395. The zero-order valence-electron chi connectivity index (χ0n) is 12.3. The third-order valence-corrected chi connectivity index (χ3v) is 2.94. The Morgan fingerprint density at radius 3 is 2.90 bits per heavy atom. The second kappa shape index (κ2) is 8.47. The van der Waals surface area contributed by atoms with Crippen molar-refractivity contribution in [2.45, 2.75) is 33.6 Å². The van der Waals surface area contributed by atoms with Crippen LogP contribution in [0.15, 0.2) is 6.20 Å². The van der Waals surface area contributed by atoms with Gasteiger partial charge in [0.2, 0.25) is 5.95 Å². The molecule has 1 unspecified atom stereocenters. The van der Waals surface area contributed by atoms with Gasteiger partial charge in [0.15, 0.2) is 0 Å². The van der Waals surface area contributed by atoms with Gasteiger partial charge in [0.05, 0.1) is 17.9 Å². The number of aliphatic hydroxyl groups excluding tert-OH is 1. The predicted molar refractivity (Wildman–Crippen MR) is 76.7 cm³/mol. The summed E-state index contributed by atoms with van der Waals surface area (Å²) >= 11 is 0. The molecule has 20 heavy (non-hydrogen) atoms. The van der Waals surface area contributed by atoms with E-state index in [9.17, 15) is 4.79 Å². The number of aliphatic hydroxyl groups is 1. The van der Waals surface area contributed by atoms with E-state index in [0.717, 1.165) is 19.4 Å². The van der Waals surface area contributed by atoms with E-state index in [1.807, 2.05) is 6.92 Å². The zero-order valence-corrected chi connectivity index (χ0v) is 12.3. The number of hydrogen-bond donors (Lipinski definition) is 2. The lowest BCUT2D eigenvalue weighted by Gasteiger charge is -2.09. The second-order valence-electron chi connectivity index (χ2n) is 4.77. The normalized spacial score (nSPS) is 12.0. The number of carbonyl (C=O) groups excluding carboxylic acids is 1. The lowest BCUT2D eigenvalue weighted by molar-refractivity contribution is 0.0524. The summed E-state index contributed by atoms with van der Waals surface area (Å²) in [6, 6.07) is 0. The molecule has 0 bridgehead atoms. The van der Waals surface area contributed by atoms with Crippen molar-refractivity contribution >= 4 is 11.9 Å². The molecule has 1 rings (SSSR count). The molecule has 0 aliphatic rings. The molecule has 1 heterocycles. The van der Waals surface area contributed by atoms with Crippen LogP contribution in [0.2, 0.25) is 0 Å². The van der Waals surface area contributed by atoms with Gasteiger partial charge in [-0.25, -0.2) is 14.8 Å². The molecule has 1 atom stereocenters. The average Bonchev–Trinajstić information content (AvgIpc) is 2.43. The molecule has 0 fully saturated rings. The maximum atomic E-state index is 11.6. The Morgan fingerprint density at radius 1 is 1.55 bits per heavy atom. The van der Waals surface area contributed by atoms with Gasteiger partial charge in [0, 0.05) is 19.3 Å². The Labute approximate surface area is 119 Å². The van der Waals surface area contributed by atoms with Gasteiger partial charge in [-0.2, -0.15) is 0 Å². The highest BCUT2D eigenvalue weighted by Gasteiger charge is 2.12. The van der Waals surface area contributed by atoms with Crippen LogP contribution in [0.3, 0.4) is 0 Å². The summed E-state index contributed by atoms with van der Waals surface area (Å²) in [5, 5.41) is 12.0. The number of aryl methyl sites for hydroxylation is 1. The molecule has 0 spiro atoms. The smallest absolute Gasteiger partial charge is 0.341 e. The molecule has 1 aromatic rings. The molecule has 0 saturated carbocycles. The Morgan fingerprint density at radius 2 is 2.30 bits per heavy atom. The summed E-state index contributed by atoms with van der Waals surface area (Å²) in [7, 11) is 0. The van der Waals surface area contributed by atoms with Crippen LogP contribution in [0.1, 0.15) is 42.7 Å². The highest BCUT2D eigenvalue weighted by molar-refractivity contribution is 5.90. The van der Waals surface area contributed by atoms with E-state index < -0.39 is 5.97 Å². The van der Waals surface area contributed by atoms with Crippen molar-refractivity contribution in [1.82, 2.24) is 9.97 Å². The van der Waals surface area contributed by atoms with Crippen LogP contribution in [0.25, 0.3) is 0 Å². The van der Waals surface area contributed by atoms with Crippen molar-refractivity contribution < 1.29 is 14.6 Å². The standard InChI is InChI=1S/C14H23N3O3/c1-4-20-13(19)12-8-16-14(17-11(12)3)15-7-5-6-10(2)9-18/h8,10,18H,4-7,9H2,1-3H3,(H,15,16,17). The molecular weight excluding hydrogens is 258 g/mol. The molecule has 0 aliphatic heterocycles. The van der Waals surface area contributed by atoms with Gasteiger partial charge in [-0.1, -0.05) is 6.92 Å². The van der Waals surface area contributed by atoms with E-state index in [2.05, 4.69) is 15.3 Å². The summed E-state index contributed by atoms with van der Waals surface area (Å²) < 4.78 is 4.92. The second-order valence-corrected chi connectivity index (χ2v) is 4.77. The molecular formula is C14H23N3O3. The first-order valence-corrected chi connectivity index (χ1v) is 6.94. The van der Waals surface area contributed by atoms with Crippen molar-refractivity contribution in [3.05, 3.63) is 17.5 Å². The van der Waals surface area contributed by atoms with Gasteiger partial charge >= 0.3 is 5.97 Å². The number of nitrogens with zero attached hydrogens (tertiary/aromatic N) is 2. The Kier molecular flexibility index (Phi) is 6.93. The lowest BCUT2D eigenvalue weighted by atomic mass is 10.1. The third-order valence-electron chi connectivity index (χ3n) is 2.94. The van der Waals surface area contributed by atoms with Gasteiger partial charge in [-0.15, -0.1) is 0 Å². The van der Waals surface area contributed by atoms with Crippen molar-refractivity contribution in [3.8, 4) is 0 Å². The minimum Gasteiger partial charge on any atom is -0.462 e. The largest absolute Gasteiger partial charge is 0.462 e. The van der Waals surface area contributed by atoms with Crippen LogP contribution < -0.4 is 5.32 Å². The number of nitrogens with one attached hydrogen (secondary N) is 1.